The van der Waals surface area contributed by atoms with E-state index < -0.39 is 18.6 Å². The average Bonchev–Trinajstić information content (AvgIpc) is 2.17. The van der Waals surface area contributed by atoms with Crippen molar-refractivity contribution in [1.82, 2.24) is 0 Å². The quantitative estimate of drug-likeness (QED) is 0.878. The van der Waals surface area contributed by atoms with Gasteiger partial charge in [-0.1, -0.05) is 18.2 Å². The van der Waals surface area contributed by atoms with Crippen LogP contribution in [0.25, 0.3) is 0 Å². The summed E-state index contributed by atoms with van der Waals surface area (Å²) in [7, 11) is 0. The van der Waals surface area contributed by atoms with Crippen LogP contribution in [0.4, 0.5) is 13.2 Å². The molecular weight excluding hydrogens is 251 g/mol. The van der Waals surface area contributed by atoms with Crippen LogP contribution in [0.1, 0.15) is 35.6 Å². The number of nitrogens with two attached hydrogens (primary N) is 1. The largest absolute Gasteiger partial charge is 0.389 e. The second kappa shape index (κ2) is 6.26. The van der Waals surface area contributed by atoms with Gasteiger partial charge in [0.2, 0.25) is 0 Å². The van der Waals surface area contributed by atoms with E-state index in [-0.39, 0.29) is 18.8 Å². The Bertz CT molecular complexity index is 363. The summed E-state index contributed by atoms with van der Waals surface area (Å²) in [5.74, 6) is 0. The molecule has 0 aromatic heterocycles. The topological polar surface area (TPSA) is 26.0 Å². The molecule has 0 spiro atoms. The van der Waals surface area contributed by atoms with Crippen LogP contribution in [-0.2, 0) is 0 Å². The Balaban J connectivity index is 0.00000256. The van der Waals surface area contributed by atoms with Crippen molar-refractivity contribution in [3.63, 3.8) is 0 Å². The van der Waals surface area contributed by atoms with Crippen LogP contribution in [0.3, 0.4) is 0 Å². The lowest BCUT2D eigenvalue weighted by Gasteiger charge is -2.17. The predicted octanol–water partition coefficient (Wildman–Crippen LogP) is 4.07. The third kappa shape index (κ3) is 4.96. The van der Waals surface area contributed by atoms with Crippen LogP contribution < -0.4 is 5.73 Å². The van der Waals surface area contributed by atoms with E-state index in [1.54, 1.807) is 6.07 Å². The smallest absolute Gasteiger partial charge is 0.324 e. The summed E-state index contributed by atoms with van der Waals surface area (Å²) in [5.41, 5.74) is 8.62. The van der Waals surface area contributed by atoms with E-state index in [0.717, 1.165) is 16.7 Å². The summed E-state index contributed by atoms with van der Waals surface area (Å²) >= 11 is 0. The maximum Gasteiger partial charge on any atom is 0.389 e. The van der Waals surface area contributed by atoms with Crippen molar-refractivity contribution in [2.45, 2.75) is 38.9 Å². The first kappa shape index (κ1) is 16.3. The zero-order valence-electron chi connectivity index (χ0n) is 9.84. The number of alkyl halides is 3. The van der Waals surface area contributed by atoms with E-state index in [2.05, 4.69) is 0 Å². The highest BCUT2D eigenvalue weighted by atomic mass is 35.5. The van der Waals surface area contributed by atoms with Gasteiger partial charge in [-0.3, -0.25) is 0 Å². The van der Waals surface area contributed by atoms with Gasteiger partial charge in [0.05, 0.1) is 0 Å². The Morgan fingerprint density at radius 1 is 1.24 bits per heavy atom. The zero-order chi connectivity index (χ0) is 12.3. The molecule has 0 bridgehead atoms. The molecule has 1 atom stereocenters. The van der Waals surface area contributed by atoms with Crippen molar-refractivity contribution in [3.8, 4) is 0 Å². The van der Waals surface area contributed by atoms with E-state index in [1.165, 1.54) is 0 Å². The molecule has 2 N–H and O–H groups in total. The minimum Gasteiger partial charge on any atom is -0.324 e. The van der Waals surface area contributed by atoms with Crippen LogP contribution >= 0.6 is 12.4 Å². The summed E-state index contributed by atoms with van der Waals surface area (Å²) < 4.78 is 36.2. The molecule has 0 amide bonds. The Morgan fingerprint density at radius 2 is 1.82 bits per heavy atom. The average molecular weight is 268 g/mol. The molecule has 98 valence electrons. The van der Waals surface area contributed by atoms with Crippen molar-refractivity contribution in [3.05, 3.63) is 34.9 Å². The first-order chi connectivity index (χ1) is 7.31. The molecule has 0 saturated carbocycles. The second-order valence-corrected chi connectivity index (χ2v) is 4.05. The molecule has 0 fully saturated rings. The highest BCUT2D eigenvalue weighted by molar-refractivity contribution is 5.85. The van der Waals surface area contributed by atoms with Crippen LogP contribution in [0, 0.1) is 13.8 Å². The number of aryl methyl sites for hydroxylation is 1. The van der Waals surface area contributed by atoms with Gasteiger partial charge < -0.3 is 5.73 Å². The number of halogens is 4. The Kier molecular flexibility index (Phi) is 5.99. The Morgan fingerprint density at radius 3 is 2.35 bits per heavy atom. The molecule has 0 heterocycles. The molecule has 0 unspecified atom stereocenters. The minimum atomic E-state index is -4.13. The lowest BCUT2D eigenvalue weighted by atomic mass is 9.95. The number of benzene rings is 1. The normalized spacial score (nSPS) is 13.1. The maximum atomic E-state index is 12.1. The van der Waals surface area contributed by atoms with Gasteiger partial charge in [0.1, 0.15) is 0 Å². The number of hydrogen-bond donors (Lipinski definition) is 1. The standard InChI is InChI=1S/C12H16F3N.ClH/c1-8-4-3-5-10(9(8)2)11(16)6-7-12(13,14)15;/h3-5,11H,6-7,16H2,1-2H3;1H/t11-;/m0./s1. The molecule has 1 aromatic carbocycles. The molecule has 1 rings (SSSR count). The lowest BCUT2D eigenvalue weighted by Crippen LogP contribution is -2.16. The van der Waals surface area contributed by atoms with E-state index in [1.807, 2.05) is 26.0 Å². The highest BCUT2D eigenvalue weighted by Crippen LogP contribution is 2.28. The van der Waals surface area contributed by atoms with Gasteiger partial charge in [-0.15, -0.1) is 12.4 Å². The summed E-state index contributed by atoms with van der Waals surface area (Å²) in [6.45, 7) is 3.81. The van der Waals surface area contributed by atoms with Gasteiger partial charge in [0.25, 0.3) is 0 Å². The highest BCUT2D eigenvalue weighted by Gasteiger charge is 2.28. The first-order valence-electron chi connectivity index (χ1n) is 5.19. The fourth-order valence-corrected chi connectivity index (χ4v) is 1.65. The van der Waals surface area contributed by atoms with Crippen molar-refractivity contribution < 1.29 is 13.2 Å². The van der Waals surface area contributed by atoms with Crippen molar-refractivity contribution >= 4 is 12.4 Å². The SMILES string of the molecule is Cc1cccc([C@@H](N)CCC(F)(F)F)c1C.Cl. The fourth-order valence-electron chi connectivity index (χ4n) is 1.65. The van der Waals surface area contributed by atoms with Gasteiger partial charge >= 0.3 is 6.18 Å². The summed E-state index contributed by atoms with van der Waals surface area (Å²) in [6, 6.07) is 5.01. The van der Waals surface area contributed by atoms with Crippen molar-refractivity contribution in [2.75, 3.05) is 0 Å². The van der Waals surface area contributed by atoms with E-state index in [4.69, 9.17) is 5.73 Å². The minimum absolute atomic E-state index is 0. The molecule has 5 heteroatoms. The molecule has 0 aliphatic heterocycles. The molecule has 0 radical (unpaired) electrons. The van der Waals surface area contributed by atoms with Crippen molar-refractivity contribution in [2.24, 2.45) is 5.73 Å². The third-order valence-corrected chi connectivity index (χ3v) is 2.78. The van der Waals surface area contributed by atoms with Gasteiger partial charge in [-0.2, -0.15) is 13.2 Å². The first-order valence-corrected chi connectivity index (χ1v) is 5.19. The molecule has 17 heavy (non-hydrogen) atoms. The number of hydrogen-bond acceptors (Lipinski definition) is 1. The van der Waals surface area contributed by atoms with Crippen molar-refractivity contribution in [1.29, 1.82) is 0 Å². The number of rotatable bonds is 3. The van der Waals surface area contributed by atoms with Crippen LogP contribution in [-0.4, -0.2) is 6.18 Å². The van der Waals surface area contributed by atoms with Gasteiger partial charge in [0.15, 0.2) is 0 Å². The van der Waals surface area contributed by atoms with Gasteiger partial charge in [-0.25, -0.2) is 0 Å². The lowest BCUT2D eigenvalue weighted by molar-refractivity contribution is -0.136. The van der Waals surface area contributed by atoms with Crippen LogP contribution in [0.2, 0.25) is 0 Å². The van der Waals surface area contributed by atoms with Crippen LogP contribution in [0.15, 0.2) is 18.2 Å². The molecule has 0 aliphatic carbocycles. The van der Waals surface area contributed by atoms with E-state index >= 15 is 0 Å². The third-order valence-electron chi connectivity index (χ3n) is 2.78. The van der Waals surface area contributed by atoms with Crippen LogP contribution in [0.5, 0.6) is 0 Å². The van der Waals surface area contributed by atoms with Gasteiger partial charge in [-0.05, 0) is 37.0 Å². The molecule has 1 aromatic rings. The van der Waals surface area contributed by atoms with E-state index in [0.29, 0.717) is 0 Å². The van der Waals surface area contributed by atoms with E-state index in [9.17, 15) is 13.2 Å². The second-order valence-electron chi connectivity index (χ2n) is 4.05. The maximum absolute atomic E-state index is 12.1. The molecule has 0 aliphatic rings. The summed E-state index contributed by atoms with van der Waals surface area (Å²) in [6.07, 6.45) is -5.02. The monoisotopic (exact) mass is 267 g/mol. The fraction of sp³-hybridized carbons (Fsp3) is 0.500. The molecule has 1 nitrogen and oxygen atoms in total. The predicted molar refractivity (Wildman–Crippen MR) is 65.4 cm³/mol. The summed E-state index contributed by atoms with van der Waals surface area (Å²) in [4.78, 5) is 0. The zero-order valence-corrected chi connectivity index (χ0v) is 10.7. The Hall–Kier alpha value is -0.740. The van der Waals surface area contributed by atoms with Gasteiger partial charge in [0, 0.05) is 12.5 Å². The molecular formula is C12H17ClF3N. The molecule has 0 saturated heterocycles. The summed E-state index contributed by atoms with van der Waals surface area (Å²) in [5, 5.41) is 0. The Labute approximate surface area is 106 Å².